The van der Waals surface area contributed by atoms with Crippen LogP contribution in [0.3, 0.4) is 0 Å². The molecule has 2 rings (SSSR count). The first-order chi connectivity index (χ1) is 10.6. The van der Waals surface area contributed by atoms with Crippen molar-refractivity contribution in [2.75, 3.05) is 31.6 Å². The summed E-state index contributed by atoms with van der Waals surface area (Å²) < 4.78 is 5.39. The van der Waals surface area contributed by atoms with E-state index >= 15 is 0 Å². The molecule has 1 aromatic rings. The molecule has 1 aliphatic rings. The standard InChI is InChI=1S/C17H27N3O2.ClH/c1-3-22-15-8-6-14(7-9-15)19-17(21)12-20-10-4-5-13(2)16(20)11-18;/h6-9,13,16H,3-5,10-12,18H2,1-2H3,(H,19,21);1H. The van der Waals surface area contributed by atoms with Crippen LogP contribution in [-0.4, -0.2) is 43.1 Å². The molecule has 0 saturated carbocycles. The van der Waals surface area contributed by atoms with Crippen molar-refractivity contribution >= 4 is 24.0 Å². The first-order valence-corrected chi connectivity index (χ1v) is 8.11. The molecule has 0 aliphatic carbocycles. The van der Waals surface area contributed by atoms with Crippen LogP contribution < -0.4 is 15.8 Å². The summed E-state index contributed by atoms with van der Waals surface area (Å²) >= 11 is 0. The highest BCUT2D eigenvalue weighted by Crippen LogP contribution is 2.22. The van der Waals surface area contributed by atoms with Crippen LogP contribution in [0.15, 0.2) is 24.3 Å². The molecule has 3 N–H and O–H groups in total. The molecular formula is C17H28ClN3O2. The lowest BCUT2D eigenvalue weighted by Crippen LogP contribution is -2.51. The summed E-state index contributed by atoms with van der Waals surface area (Å²) in [5, 5.41) is 2.94. The van der Waals surface area contributed by atoms with E-state index in [2.05, 4.69) is 17.1 Å². The van der Waals surface area contributed by atoms with Gasteiger partial charge < -0.3 is 15.8 Å². The minimum absolute atomic E-state index is 0. The number of piperidine rings is 1. The monoisotopic (exact) mass is 341 g/mol. The average molecular weight is 342 g/mol. The fourth-order valence-corrected chi connectivity index (χ4v) is 3.10. The molecule has 1 saturated heterocycles. The summed E-state index contributed by atoms with van der Waals surface area (Å²) in [4.78, 5) is 14.4. The maximum absolute atomic E-state index is 12.2. The van der Waals surface area contributed by atoms with Gasteiger partial charge in [0, 0.05) is 18.3 Å². The highest BCUT2D eigenvalue weighted by atomic mass is 35.5. The first-order valence-electron chi connectivity index (χ1n) is 8.11. The summed E-state index contributed by atoms with van der Waals surface area (Å²) in [7, 11) is 0. The maximum atomic E-state index is 12.2. The van der Waals surface area contributed by atoms with Crippen molar-refractivity contribution in [2.24, 2.45) is 11.7 Å². The van der Waals surface area contributed by atoms with Crippen molar-refractivity contribution in [3.05, 3.63) is 24.3 Å². The molecule has 0 radical (unpaired) electrons. The largest absolute Gasteiger partial charge is 0.494 e. The summed E-state index contributed by atoms with van der Waals surface area (Å²) in [5.74, 6) is 1.38. The minimum atomic E-state index is 0. The summed E-state index contributed by atoms with van der Waals surface area (Å²) in [6, 6.07) is 7.76. The number of rotatable bonds is 6. The van der Waals surface area contributed by atoms with Gasteiger partial charge in [0.25, 0.3) is 0 Å². The van der Waals surface area contributed by atoms with E-state index in [-0.39, 0.29) is 18.3 Å². The topological polar surface area (TPSA) is 67.6 Å². The lowest BCUT2D eigenvalue weighted by molar-refractivity contribution is -0.118. The minimum Gasteiger partial charge on any atom is -0.494 e. The number of likely N-dealkylation sites (tertiary alicyclic amines) is 1. The molecule has 5 nitrogen and oxygen atoms in total. The molecule has 1 aliphatic heterocycles. The molecule has 2 atom stereocenters. The zero-order chi connectivity index (χ0) is 15.9. The van der Waals surface area contributed by atoms with Gasteiger partial charge in [-0.2, -0.15) is 0 Å². The predicted molar refractivity (Wildman–Crippen MR) is 96.3 cm³/mol. The van der Waals surface area contributed by atoms with Gasteiger partial charge in [-0.25, -0.2) is 0 Å². The molecule has 1 heterocycles. The van der Waals surface area contributed by atoms with Crippen molar-refractivity contribution in [1.29, 1.82) is 0 Å². The number of hydrogen-bond donors (Lipinski definition) is 2. The van der Waals surface area contributed by atoms with Crippen molar-refractivity contribution < 1.29 is 9.53 Å². The molecular weight excluding hydrogens is 314 g/mol. The van der Waals surface area contributed by atoms with Crippen LogP contribution in [0.2, 0.25) is 0 Å². The number of carbonyl (C=O) groups is 1. The lowest BCUT2D eigenvalue weighted by atomic mass is 9.91. The Bertz CT molecular complexity index is 481. The van der Waals surface area contributed by atoms with Crippen molar-refractivity contribution in [3.63, 3.8) is 0 Å². The van der Waals surface area contributed by atoms with Crippen molar-refractivity contribution in [3.8, 4) is 5.75 Å². The molecule has 23 heavy (non-hydrogen) atoms. The fourth-order valence-electron chi connectivity index (χ4n) is 3.10. The van der Waals surface area contributed by atoms with Gasteiger partial charge in [0.15, 0.2) is 0 Å². The molecule has 6 heteroatoms. The average Bonchev–Trinajstić information content (AvgIpc) is 2.50. The van der Waals surface area contributed by atoms with Gasteiger partial charge in [0.1, 0.15) is 5.75 Å². The Morgan fingerprint density at radius 2 is 2.09 bits per heavy atom. The molecule has 1 fully saturated rings. The SMILES string of the molecule is CCOc1ccc(NC(=O)CN2CCCC(C)C2CN)cc1.Cl. The normalized spacial score (nSPS) is 21.3. The Hall–Kier alpha value is -1.30. The van der Waals surface area contributed by atoms with Crippen LogP contribution in [0.5, 0.6) is 5.75 Å². The number of amides is 1. The van der Waals surface area contributed by atoms with Gasteiger partial charge in [0.05, 0.1) is 13.2 Å². The van der Waals surface area contributed by atoms with Crippen LogP contribution in [0.1, 0.15) is 26.7 Å². The Kier molecular flexibility index (Phi) is 8.37. The number of anilines is 1. The van der Waals surface area contributed by atoms with Crippen LogP contribution in [0.25, 0.3) is 0 Å². The zero-order valence-corrected chi connectivity index (χ0v) is 14.8. The number of hydrogen-bond acceptors (Lipinski definition) is 4. The van der Waals surface area contributed by atoms with E-state index < -0.39 is 0 Å². The number of carbonyl (C=O) groups excluding carboxylic acids is 1. The van der Waals surface area contributed by atoms with Crippen LogP contribution in [0, 0.1) is 5.92 Å². The van der Waals surface area contributed by atoms with E-state index in [1.165, 1.54) is 6.42 Å². The van der Waals surface area contributed by atoms with Crippen molar-refractivity contribution in [2.45, 2.75) is 32.7 Å². The molecule has 130 valence electrons. The van der Waals surface area contributed by atoms with E-state index in [0.29, 0.717) is 31.7 Å². The van der Waals surface area contributed by atoms with Gasteiger partial charge in [-0.1, -0.05) is 6.92 Å². The van der Waals surface area contributed by atoms with E-state index in [1.807, 2.05) is 31.2 Å². The third-order valence-corrected chi connectivity index (χ3v) is 4.27. The summed E-state index contributed by atoms with van der Waals surface area (Å²) in [6.45, 7) is 6.76. The van der Waals surface area contributed by atoms with E-state index in [4.69, 9.17) is 10.5 Å². The number of nitrogens with two attached hydrogens (primary N) is 1. The second kappa shape index (κ2) is 9.75. The smallest absolute Gasteiger partial charge is 0.238 e. The van der Waals surface area contributed by atoms with Gasteiger partial charge in [-0.15, -0.1) is 12.4 Å². The van der Waals surface area contributed by atoms with Gasteiger partial charge in [-0.3, -0.25) is 9.69 Å². The maximum Gasteiger partial charge on any atom is 0.238 e. The van der Waals surface area contributed by atoms with E-state index in [1.54, 1.807) is 0 Å². The van der Waals surface area contributed by atoms with Gasteiger partial charge in [-0.05, 0) is 56.5 Å². The number of nitrogens with zero attached hydrogens (tertiary/aromatic N) is 1. The highest BCUT2D eigenvalue weighted by molar-refractivity contribution is 5.92. The zero-order valence-electron chi connectivity index (χ0n) is 14.0. The number of nitrogens with one attached hydrogen (secondary N) is 1. The summed E-state index contributed by atoms with van der Waals surface area (Å²) in [6.07, 6.45) is 2.33. The Morgan fingerprint density at radius 1 is 1.39 bits per heavy atom. The third-order valence-electron chi connectivity index (χ3n) is 4.27. The number of benzene rings is 1. The fraction of sp³-hybridized carbons (Fsp3) is 0.588. The van der Waals surface area contributed by atoms with Gasteiger partial charge in [0.2, 0.25) is 5.91 Å². The molecule has 0 aromatic heterocycles. The third kappa shape index (κ3) is 5.68. The Morgan fingerprint density at radius 3 is 2.70 bits per heavy atom. The van der Waals surface area contributed by atoms with Crippen LogP contribution in [-0.2, 0) is 4.79 Å². The quantitative estimate of drug-likeness (QED) is 0.834. The molecule has 2 unspecified atom stereocenters. The number of halogens is 1. The van der Waals surface area contributed by atoms with Gasteiger partial charge >= 0.3 is 0 Å². The van der Waals surface area contributed by atoms with Crippen molar-refractivity contribution in [1.82, 2.24) is 4.90 Å². The van der Waals surface area contributed by atoms with Crippen LogP contribution >= 0.6 is 12.4 Å². The van der Waals surface area contributed by atoms with E-state index in [0.717, 1.165) is 24.4 Å². The lowest BCUT2D eigenvalue weighted by Gasteiger charge is -2.38. The molecule has 1 aromatic carbocycles. The first kappa shape index (κ1) is 19.7. The second-order valence-corrected chi connectivity index (χ2v) is 5.90. The van der Waals surface area contributed by atoms with E-state index in [9.17, 15) is 4.79 Å². The highest BCUT2D eigenvalue weighted by Gasteiger charge is 2.28. The van der Waals surface area contributed by atoms with Crippen LogP contribution in [0.4, 0.5) is 5.69 Å². The Balaban J connectivity index is 0.00000264. The Labute approximate surface area is 145 Å². The predicted octanol–water partition coefficient (Wildman–Crippen LogP) is 2.50. The molecule has 0 spiro atoms. The summed E-state index contributed by atoms with van der Waals surface area (Å²) in [5.41, 5.74) is 6.66. The number of ether oxygens (including phenoxy) is 1. The molecule has 0 bridgehead atoms. The molecule has 1 amide bonds. The second-order valence-electron chi connectivity index (χ2n) is 5.90.